The Morgan fingerprint density at radius 1 is 1.33 bits per heavy atom. The van der Waals surface area contributed by atoms with Gasteiger partial charge in [0.05, 0.1) is 0 Å². The second kappa shape index (κ2) is 2.42. The molecule has 0 bridgehead atoms. The fraction of sp³-hybridized carbons (Fsp3) is 0. The van der Waals surface area contributed by atoms with Gasteiger partial charge in [0.25, 0.3) is 0 Å². The molecule has 0 aliphatic rings. The first-order valence-electron chi connectivity index (χ1n) is 3.58. The number of fused-ring (bicyclic) bond motifs is 1. The summed E-state index contributed by atoms with van der Waals surface area (Å²) < 4.78 is 0. The highest BCUT2D eigenvalue weighted by Crippen LogP contribution is 2.12. The van der Waals surface area contributed by atoms with Gasteiger partial charge in [0.2, 0.25) is 0 Å². The Morgan fingerprint density at radius 3 is 2.92 bits per heavy atom. The topological polar surface area (TPSA) is 39.6 Å². The Bertz CT molecular complexity index is 465. The van der Waals surface area contributed by atoms with E-state index < -0.39 is 0 Å². The first-order chi connectivity index (χ1) is 5.79. The van der Waals surface area contributed by atoms with Gasteiger partial charge in [-0.1, -0.05) is 17.6 Å². The van der Waals surface area contributed by atoms with E-state index in [4.69, 9.17) is 13.1 Å². The normalized spacial score (nSPS) is 9.92. The van der Waals surface area contributed by atoms with E-state index in [0.717, 1.165) is 10.9 Å². The molecule has 0 atom stereocenters. The van der Waals surface area contributed by atoms with Crippen LogP contribution in [0, 0.1) is 11.3 Å². The van der Waals surface area contributed by atoms with E-state index in [1.807, 2.05) is 24.3 Å². The van der Waals surface area contributed by atoms with Gasteiger partial charge >= 0.3 is 0 Å². The molecule has 0 amide bonds. The highest BCUT2D eigenvalue weighted by Gasteiger charge is 1.98. The minimum absolute atomic E-state index is 0.565. The summed E-state index contributed by atoms with van der Waals surface area (Å²) in [5.41, 5.74) is 2.18. The molecular weight excluding hydrogens is 147 g/mol. The largest absolute Gasteiger partial charge is 0.346 e. The summed E-state index contributed by atoms with van der Waals surface area (Å²) in [6.45, 7) is 0. The average Bonchev–Trinajstić information content (AvgIpc) is 2.46. The van der Waals surface area contributed by atoms with Crippen LogP contribution in [0.4, 0.5) is 0 Å². The molecule has 0 unspecified atom stereocenters. The van der Waals surface area contributed by atoms with Crippen LogP contribution in [0.25, 0.3) is 10.9 Å². The van der Waals surface area contributed by atoms with Gasteiger partial charge in [-0.2, -0.15) is 5.26 Å². The van der Waals surface area contributed by atoms with Crippen LogP contribution < -0.4 is 5.46 Å². The van der Waals surface area contributed by atoms with Crippen molar-refractivity contribution in [3.8, 4) is 6.07 Å². The lowest BCUT2D eigenvalue weighted by atomic mass is 9.96. The van der Waals surface area contributed by atoms with Crippen LogP contribution in [-0.4, -0.2) is 12.8 Å². The standard InChI is InChI=1S/C9H5BN2/c10-7-2-1-6-3-8(5-11)12-9(6)4-7/h1-4,12H. The van der Waals surface area contributed by atoms with Crippen molar-refractivity contribution in [3.05, 3.63) is 30.0 Å². The Balaban J connectivity index is 2.77. The van der Waals surface area contributed by atoms with Crippen LogP contribution in [0.3, 0.4) is 0 Å². The Morgan fingerprint density at radius 2 is 2.17 bits per heavy atom. The van der Waals surface area contributed by atoms with E-state index in [0.29, 0.717) is 11.2 Å². The van der Waals surface area contributed by atoms with Crippen LogP contribution in [0.5, 0.6) is 0 Å². The minimum atomic E-state index is 0.565. The van der Waals surface area contributed by atoms with E-state index in [-0.39, 0.29) is 0 Å². The van der Waals surface area contributed by atoms with E-state index in [1.54, 1.807) is 6.07 Å². The SMILES string of the molecule is [B]c1ccc2cc(C#N)[nH]c2c1. The molecule has 0 aliphatic carbocycles. The van der Waals surface area contributed by atoms with Crippen LogP contribution in [-0.2, 0) is 0 Å². The number of aromatic amines is 1. The van der Waals surface area contributed by atoms with Crippen LogP contribution >= 0.6 is 0 Å². The third kappa shape index (κ3) is 0.979. The number of hydrogen-bond donors (Lipinski definition) is 1. The first kappa shape index (κ1) is 6.99. The molecule has 0 spiro atoms. The van der Waals surface area contributed by atoms with Crippen LogP contribution in [0.2, 0.25) is 0 Å². The monoisotopic (exact) mass is 152 g/mol. The Labute approximate surface area is 71.2 Å². The quantitative estimate of drug-likeness (QED) is 0.558. The van der Waals surface area contributed by atoms with Crippen molar-refractivity contribution >= 4 is 24.2 Å². The van der Waals surface area contributed by atoms with Crippen molar-refractivity contribution < 1.29 is 0 Å². The summed E-state index contributed by atoms with van der Waals surface area (Å²) in [6, 6.07) is 9.36. The van der Waals surface area contributed by atoms with E-state index in [1.165, 1.54) is 0 Å². The number of nitrogens with zero attached hydrogens (tertiary/aromatic N) is 1. The van der Waals surface area contributed by atoms with E-state index in [2.05, 4.69) is 4.98 Å². The van der Waals surface area contributed by atoms with Gasteiger partial charge in [0.1, 0.15) is 19.6 Å². The number of H-pyrrole nitrogens is 1. The molecule has 0 saturated heterocycles. The number of benzene rings is 1. The van der Waals surface area contributed by atoms with Crippen molar-refractivity contribution in [1.29, 1.82) is 5.26 Å². The van der Waals surface area contributed by atoms with E-state index >= 15 is 0 Å². The molecule has 0 aliphatic heterocycles. The predicted octanol–water partition coefficient (Wildman–Crippen LogP) is 0.833. The fourth-order valence-electron chi connectivity index (χ4n) is 1.20. The maximum Gasteiger partial charge on any atom is 0.118 e. The number of nitrogens with one attached hydrogen (secondary N) is 1. The summed E-state index contributed by atoms with van der Waals surface area (Å²) in [7, 11) is 5.57. The zero-order chi connectivity index (χ0) is 8.55. The Kier molecular flexibility index (Phi) is 1.41. The molecule has 1 aromatic heterocycles. The number of hydrogen-bond acceptors (Lipinski definition) is 1. The number of nitriles is 1. The maximum atomic E-state index is 8.60. The van der Waals surface area contributed by atoms with Gasteiger partial charge < -0.3 is 4.98 Å². The molecule has 0 fully saturated rings. The lowest BCUT2D eigenvalue weighted by Gasteiger charge is -1.90. The van der Waals surface area contributed by atoms with Crippen LogP contribution in [0.15, 0.2) is 24.3 Å². The molecule has 2 rings (SSSR count). The van der Waals surface area contributed by atoms with E-state index in [9.17, 15) is 0 Å². The number of rotatable bonds is 0. The molecule has 54 valence electrons. The Hall–Kier alpha value is -1.69. The second-order valence-electron chi connectivity index (χ2n) is 2.64. The molecule has 1 N–H and O–H groups in total. The molecule has 2 nitrogen and oxygen atoms in total. The molecular formula is C9H5BN2. The summed E-state index contributed by atoms with van der Waals surface area (Å²) >= 11 is 0. The zero-order valence-corrected chi connectivity index (χ0v) is 6.33. The van der Waals surface area contributed by atoms with Crippen molar-refractivity contribution in [2.75, 3.05) is 0 Å². The highest BCUT2D eigenvalue weighted by molar-refractivity contribution is 6.33. The fourth-order valence-corrected chi connectivity index (χ4v) is 1.20. The lowest BCUT2D eigenvalue weighted by Crippen LogP contribution is -1.98. The molecule has 1 heterocycles. The van der Waals surface area contributed by atoms with Crippen molar-refractivity contribution in [2.24, 2.45) is 0 Å². The van der Waals surface area contributed by atoms with Gasteiger partial charge in [0, 0.05) is 10.9 Å². The lowest BCUT2D eigenvalue weighted by molar-refractivity contribution is 1.37. The average molecular weight is 152 g/mol. The van der Waals surface area contributed by atoms with Crippen LogP contribution in [0.1, 0.15) is 5.69 Å². The smallest absolute Gasteiger partial charge is 0.118 e. The number of aromatic nitrogens is 1. The molecule has 2 aromatic rings. The van der Waals surface area contributed by atoms with Crippen molar-refractivity contribution in [3.63, 3.8) is 0 Å². The van der Waals surface area contributed by atoms with Crippen molar-refractivity contribution in [1.82, 2.24) is 4.98 Å². The third-order valence-electron chi connectivity index (χ3n) is 1.77. The molecule has 0 saturated carbocycles. The summed E-state index contributed by atoms with van der Waals surface area (Å²) in [5.74, 6) is 0. The molecule has 2 radical (unpaired) electrons. The predicted molar refractivity (Wildman–Crippen MR) is 48.4 cm³/mol. The molecule has 3 heteroatoms. The third-order valence-corrected chi connectivity index (χ3v) is 1.77. The van der Waals surface area contributed by atoms with Crippen molar-refractivity contribution in [2.45, 2.75) is 0 Å². The highest BCUT2D eigenvalue weighted by atomic mass is 14.7. The van der Waals surface area contributed by atoms with Gasteiger partial charge in [0.15, 0.2) is 0 Å². The van der Waals surface area contributed by atoms with Gasteiger partial charge in [-0.25, -0.2) is 0 Å². The second-order valence-corrected chi connectivity index (χ2v) is 2.64. The first-order valence-corrected chi connectivity index (χ1v) is 3.58. The van der Waals surface area contributed by atoms with Gasteiger partial charge in [-0.3, -0.25) is 0 Å². The van der Waals surface area contributed by atoms with Gasteiger partial charge in [-0.15, -0.1) is 0 Å². The molecule has 12 heavy (non-hydrogen) atoms. The van der Waals surface area contributed by atoms with Gasteiger partial charge in [-0.05, 0) is 12.1 Å². The zero-order valence-electron chi connectivity index (χ0n) is 6.33. The minimum Gasteiger partial charge on any atom is -0.346 e. The summed E-state index contributed by atoms with van der Waals surface area (Å²) in [6.07, 6.45) is 0. The summed E-state index contributed by atoms with van der Waals surface area (Å²) in [4.78, 5) is 2.94. The maximum absolute atomic E-state index is 8.60. The summed E-state index contributed by atoms with van der Waals surface area (Å²) in [5, 5.41) is 9.61. The molecule has 1 aromatic carbocycles.